The van der Waals surface area contributed by atoms with Gasteiger partial charge in [0.15, 0.2) is 5.75 Å². The van der Waals surface area contributed by atoms with Crippen molar-refractivity contribution in [1.82, 2.24) is 9.78 Å². The molecule has 1 heterocycles. The first kappa shape index (κ1) is 16.3. The van der Waals surface area contributed by atoms with Gasteiger partial charge in [-0.25, -0.2) is 8.42 Å². The van der Waals surface area contributed by atoms with Gasteiger partial charge in [-0.2, -0.15) is 5.10 Å². The molecule has 0 saturated carbocycles. The topological polar surface area (TPSA) is 61.2 Å². The average molecular weight is 309 g/mol. The minimum Gasteiger partial charge on any atom is -0.490 e. The predicted molar refractivity (Wildman–Crippen MR) is 76.2 cm³/mol. The van der Waals surface area contributed by atoms with Gasteiger partial charge >= 0.3 is 0 Å². The zero-order chi connectivity index (χ0) is 14.6. The lowest BCUT2D eigenvalue weighted by atomic mass is 10.1. The highest BCUT2D eigenvalue weighted by molar-refractivity contribution is 8.13. The third kappa shape index (κ3) is 5.40. The Balaban J connectivity index is 2.38. The van der Waals surface area contributed by atoms with Crippen molar-refractivity contribution in [3.8, 4) is 5.75 Å². The molecule has 1 aromatic rings. The van der Waals surface area contributed by atoms with E-state index in [0.29, 0.717) is 13.0 Å². The third-order valence-corrected chi connectivity index (χ3v) is 4.34. The van der Waals surface area contributed by atoms with Crippen molar-refractivity contribution in [2.45, 2.75) is 33.6 Å². The fourth-order valence-corrected chi connectivity index (χ4v) is 2.76. The number of aromatic nitrogens is 2. The fourth-order valence-electron chi connectivity index (χ4n) is 1.81. The highest BCUT2D eigenvalue weighted by atomic mass is 35.7. The van der Waals surface area contributed by atoms with E-state index in [2.05, 4.69) is 5.10 Å². The van der Waals surface area contributed by atoms with Crippen LogP contribution in [0.15, 0.2) is 0 Å². The molecule has 0 aliphatic carbocycles. The molecule has 1 unspecified atom stereocenters. The van der Waals surface area contributed by atoms with Crippen molar-refractivity contribution in [2.24, 2.45) is 13.0 Å². The molecule has 0 amide bonds. The molecule has 0 aromatic carbocycles. The maximum atomic E-state index is 10.8. The Labute approximate surface area is 119 Å². The number of nitrogens with zero attached hydrogens (tertiary/aromatic N) is 2. The molecule has 1 atom stereocenters. The molecule has 0 fully saturated rings. The number of halogens is 1. The second-order valence-corrected chi connectivity index (χ2v) is 7.79. The fraction of sp³-hybridized carbons (Fsp3) is 0.750. The van der Waals surface area contributed by atoms with Gasteiger partial charge < -0.3 is 4.74 Å². The Morgan fingerprint density at radius 2 is 2.00 bits per heavy atom. The molecular weight excluding hydrogens is 288 g/mol. The summed E-state index contributed by atoms with van der Waals surface area (Å²) < 4.78 is 29.2. The smallest absolute Gasteiger partial charge is 0.232 e. The Morgan fingerprint density at radius 1 is 1.37 bits per heavy atom. The van der Waals surface area contributed by atoms with E-state index in [1.54, 1.807) is 4.68 Å². The standard InChI is InChI=1S/C12H21ClN2O3S/c1-9(6-8-19(13,16)17)5-7-18-12-10(2)14-15(4)11(12)3/h9H,5-8H2,1-4H3. The first-order valence-electron chi connectivity index (χ1n) is 6.26. The summed E-state index contributed by atoms with van der Waals surface area (Å²) in [5.41, 5.74) is 1.87. The lowest BCUT2D eigenvalue weighted by Crippen LogP contribution is -2.09. The zero-order valence-electron chi connectivity index (χ0n) is 11.8. The molecule has 7 heteroatoms. The van der Waals surface area contributed by atoms with Crippen LogP contribution < -0.4 is 4.74 Å². The van der Waals surface area contributed by atoms with Gasteiger partial charge in [0.2, 0.25) is 9.05 Å². The summed E-state index contributed by atoms with van der Waals surface area (Å²) >= 11 is 0. The first-order chi connectivity index (χ1) is 8.70. The Hall–Kier alpha value is -0.750. The molecule has 0 saturated heterocycles. The summed E-state index contributed by atoms with van der Waals surface area (Å²) in [5, 5.41) is 4.27. The first-order valence-corrected chi connectivity index (χ1v) is 8.74. The number of hydrogen-bond donors (Lipinski definition) is 0. The van der Waals surface area contributed by atoms with Crippen LogP contribution in [0.4, 0.5) is 0 Å². The monoisotopic (exact) mass is 308 g/mol. The van der Waals surface area contributed by atoms with E-state index >= 15 is 0 Å². The summed E-state index contributed by atoms with van der Waals surface area (Å²) in [6.07, 6.45) is 1.35. The number of rotatable bonds is 7. The van der Waals surface area contributed by atoms with Crippen molar-refractivity contribution < 1.29 is 13.2 Å². The van der Waals surface area contributed by atoms with Crippen LogP contribution in [0.25, 0.3) is 0 Å². The van der Waals surface area contributed by atoms with Gasteiger partial charge in [0.1, 0.15) is 5.69 Å². The minimum absolute atomic E-state index is 0.0146. The minimum atomic E-state index is -3.39. The van der Waals surface area contributed by atoms with Crippen molar-refractivity contribution in [2.75, 3.05) is 12.4 Å². The Morgan fingerprint density at radius 3 is 2.47 bits per heavy atom. The largest absolute Gasteiger partial charge is 0.490 e. The van der Waals surface area contributed by atoms with Crippen molar-refractivity contribution >= 4 is 19.7 Å². The predicted octanol–water partition coefficient (Wildman–Crippen LogP) is 2.40. The number of aryl methyl sites for hydroxylation is 2. The third-order valence-electron chi connectivity index (χ3n) is 3.15. The van der Waals surface area contributed by atoms with Crippen molar-refractivity contribution in [3.63, 3.8) is 0 Å². The lowest BCUT2D eigenvalue weighted by molar-refractivity contribution is 0.278. The SMILES string of the molecule is Cc1nn(C)c(C)c1OCCC(C)CCS(=O)(=O)Cl. The van der Waals surface area contributed by atoms with Crippen LogP contribution in [0.5, 0.6) is 5.75 Å². The molecule has 19 heavy (non-hydrogen) atoms. The van der Waals surface area contributed by atoms with Crippen LogP contribution in [0.3, 0.4) is 0 Å². The van der Waals surface area contributed by atoms with E-state index < -0.39 is 9.05 Å². The van der Waals surface area contributed by atoms with Crippen molar-refractivity contribution in [3.05, 3.63) is 11.4 Å². The summed E-state index contributed by atoms with van der Waals surface area (Å²) in [6, 6.07) is 0. The van der Waals surface area contributed by atoms with Gasteiger partial charge in [0.25, 0.3) is 0 Å². The van der Waals surface area contributed by atoms with Crippen LogP contribution in [0.2, 0.25) is 0 Å². The molecular formula is C12H21ClN2O3S. The van der Waals surface area contributed by atoms with Gasteiger partial charge in [-0.3, -0.25) is 4.68 Å². The summed E-state index contributed by atoms with van der Waals surface area (Å²) in [4.78, 5) is 0. The van der Waals surface area contributed by atoms with E-state index in [0.717, 1.165) is 23.6 Å². The zero-order valence-corrected chi connectivity index (χ0v) is 13.4. The molecule has 0 aliphatic rings. The molecule has 0 spiro atoms. The normalized spacial score (nSPS) is 13.5. The van der Waals surface area contributed by atoms with Crippen molar-refractivity contribution in [1.29, 1.82) is 0 Å². The maximum Gasteiger partial charge on any atom is 0.232 e. The number of hydrogen-bond acceptors (Lipinski definition) is 4. The molecule has 0 bridgehead atoms. The molecule has 0 radical (unpaired) electrons. The maximum absolute atomic E-state index is 10.8. The lowest BCUT2D eigenvalue weighted by Gasteiger charge is -2.11. The van der Waals surface area contributed by atoms with Gasteiger partial charge in [0, 0.05) is 17.7 Å². The van der Waals surface area contributed by atoms with Crippen LogP contribution in [-0.2, 0) is 16.1 Å². The Bertz CT molecular complexity index is 525. The van der Waals surface area contributed by atoms with E-state index in [1.165, 1.54) is 0 Å². The van der Waals surface area contributed by atoms with E-state index in [9.17, 15) is 8.42 Å². The highest BCUT2D eigenvalue weighted by Crippen LogP contribution is 2.22. The molecule has 1 aromatic heterocycles. The van der Waals surface area contributed by atoms with Gasteiger partial charge in [-0.15, -0.1) is 0 Å². The molecule has 1 rings (SSSR count). The number of ether oxygens (including phenoxy) is 1. The second-order valence-electron chi connectivity index (χ2n) is 4.90. The van der Waals surface area contributed by atoms with Gasteiger partial charge in [-0.1, -0.05) is 6.92 Å². The van der Waals surface area contributed by atoms with Crippen LogP contribution in [-0.4, -0.2) is 30.6 Å². The van der Waals surface area contributed by atoms with Crippen LogP contribution >= 0.6 is 10.7 Å². The second kappa shape index (κ2) is 6.61. The average Bonchev–Trinajstić information content (AvgIpc) is 2.52. The molecule has 0 N–H and O–H groups in total. The summed E-state index contributed by atoms with van der Waals surface area (Å²) in [6.45, 7) is 6.41. The molecule has 0 aliphatic heterocycles. The van der Waals surface area contributed by atoms with Gasteiger partial charge in [-0.05, 0) is 32.6 Å². The van der Waals surface area contributed by atoms with E-state index in [4.69, 9.17) is 15.4 Å². The highest BCUT2D eigenvalue weighted by Gasteiger charge is 2.12. The van der Waals surface area contributed by atoms with Crippen LogP contribution in [0, 0.1) is 19.8 Å². The van der Waals surface area contributed by atoms with Gasteiger partial charge in [0.05, 0.1) is 18.1 Å². The molecule has 110 valence electrons. The Kier molecular flexibility index (Phi) is 5.67. The molecule has 5 nitrogen and oxygen atoms in total. The summed E-state index contributed by atoms with van der Waals surface area (Å²) in [7, 11) is 3.67. The van der Waals surface area contributed by atoms with E-state index in [1.807, 2.05) is 27.8 Å². The quantitative estimate of drug-likeness (QED) is 0.726. The van der Waals surface area contributed by atoms with Crippen LogP contribution in [0.1, 0.15) is 31.2 Å². The summed E-state index contributed by atoms with van der Waals surface area (Å²) in [5.74, 6) is 1.09. The van der Waals surface area contributed by atoms with E-state index in [-0.39, 0.29) is 11.7 Å².